The number of rotatable bonds is 23. The number of amides is 1. The van der Waals surface area contributed by atoms with Crippen molar-refractivity contribution in [2.45, 2.75) is 76.3 Å². The van der Waals surface area contributed by atoms with Crippen LogP contribution in [0.2, 0.25) is 0 Å². The van der Waals surface area contributed by atoms with Crippen molar-refractivity contribution in [3.05, 3.63) is 12.7 Å². The molecule has 16 N–H and O–H groups in total. The maximum absolute atomic E-state index is 12.7. The number of aliphatic imine (C=N–C) groups is 1. The summed E-state index contributed by atoms with van der Waals surface area (Å²) in [5.74, 6) is -3.29. The van der Waals surface area contributed by atoms with Crippen LogP contribution in [0.4, 0.5) is 5.82 Å². The number of imidazole rings is 1. The summed E-state index contributed by atoms with van der Waals surface area (Å²) >= 11 is 0.720. The second kappa shape index (κ2) is 27.6. The van der Waals surface area contributed by atoms with Gasteiger partial charge in [-0.3, -0.25) is 27.7 Å². The van der Waals surface area contributed by atoms with Gasteiger partial charge in [-0.25, -0.2) is 28.6 Å². The van der Waals surface area contributed by atoms with E-state index in [2.05, 4.69) is 34.1 Å². The van der Waals surface area contributed by atoms with Crippen molar-refractivity contribution < 1.29 is 171 Å². The Balaban J connectivity index is -0.00000720. The molecule has 3 heterocycles. The number of anilines is 1. The molecule has 1 aliphatic rings. The Morgan fingerprint density at radius 2 is 1.63 bits per heavy atom. The number of nitrogens with zero attached hydrogens (tertiary/aromatic N) is 5. The number of carboxylic acids is 1. The fourth-order valence-corrected chi connectivity index (χ4v) is 8.64. The van der Waals surface area contributed by atoms with Crippen LogP contribution in [0.15, 0.2) is 17.6 Å². The van der Waals surface area contributed by atoms with E-state index in [9.17, 15) is 73.2 Å². The van der Waals surface area contributed by atoms with Gasteiger partial charge in [-0.15, -0.1) is 0 Å². The maximum atomic E-state index is 12.7. The first-order valence-electron chi connectivity index (χ1n) is 16.5. The van der Waals surface area contributed by atoms with Crippen molar-refractivity contribution in [2.24, 2.45) is 10.4 Å². The Morgan fingerprint density at radius 1 is 1.03 bits per heavy atom. The number of aliphatic carboxylic acids is 1. The normalized spacial score (nSPS) is 21.0. The summed E-state index contributed by atoms with van der Waals surface area (Å²) in [7, 11) is -16.5. The van der Waals surface area contributed by atoms with Crippen LogP contribution >= 0.6 is 35.2 Å². The number of aliphatic hydroxyl groups excluding tert-OH is 2. The van der Waals surface area contributed by atoms with E-state index >= 15 is 0 Å². The van der Waals surface area contributed by atoms with E-state index in [0.29, 0.717) is 0 Å². The molecule has 63 heavy (non-hydrogen) atoms. The number of aliphatic hydroxyl groups is 3. The molecule has 4 unspecified atom stereocenters. The predicted octanol–water partition coefficient (Wildman–Crippen LogP) is -11.9. The molecule has 30 nitrogen and oxygen atoms in total. The van der Waals surface area contributed by atoms with Crippen LogP contribution in [0, 0.1) is 5.41 Å². The molecular formula is C27H48N7Na2O23P3S. The van der Waals surface area contributed by atoms with Gasteiger partial charge in [-0.05, 0) is 19.2 Å². The number of phosphoric ester groups is 3. The fraction of sp³-hybridized carbons (Fsp3) is 0.667. The topological polar surface area (TPSA) is 525 Å². The molecule has 1 saturated heterocycles. The number of hydrogen-bond donors (Lipinski definition) is 9. The molecule has 0 bridgehead atoms. The van der Waals surface area contributed by atoms with Crippen molar-refractivity contribution in [3.63, 3.8) is 0 Å². The van der Waals surface area contributed by atoms with Gasteiger partial charge in [0.05, 0.1) is 25.1 Å². The van der Waals surface area contributed by atoms with Gasteiger partial charge in [0.15, 0.2) is 22.8 Å². The number of carboxylic acid groups (broad SMARTS) is 1. The summed E-state index contributed by atoms with van der Waals surface area (Å²) in [5.41, 5.74) is 2.35. The van der Waals surface area contributed by atoms with E-state index in [1.807, 2.05) is 0 Å². The number of thioether (sulfide) groups is 1. The van der Waals surface area contributed by atoms with Crippen molar-refractivity contribution in [2.75, 3.05) is 37.8 Å². The fourth-order valence-electron chi connectivity index (χ4n) is 4.99. The van der Waals surface area contributed by atoms with Crippen molar-refractivity contribution in [3.8, 4) is 0 Å². The molecule has 2 aromatic rings. The Kier molecular flexibility index (Phi) is 29.0. The number of carbonyl (C=O) groups is 3. The van der Waals surface area contributed by atoms with Crippen LogP contribution in [0.3, 0.4) is 0 Å². The molecule has 8 atom stereocenters. The smallest absolute Gasteiger partial charge is 0.862 e. The predicted molar refractivity (Wildman–Crippen MR) is 202 cm³/mol. The van der Waals surface area contributed by atoms with Gasteiger partial charge in [0.1, 0.15) is 36.3 Å². The van der Waals surface area contributed by atoms with E-state index in [1.54, 1.807) is 0 Å². The third-order valence-corrected chi connectivity index (χ3v) is 11.7. The van der Waals surface area contributed by atoms with Gasteiger partial charge >= 0.3 is 82.6 Å². The zero-order chi connectivity index (χ0) is 43.9. The van der Waals surface area contributed by atoms with Gasteiger partial charge in [-0.2, -0.15) is 4.31 Å². The van der Waals surface area contributed by atoms with E-state index in [1.165, 1.54) is 13.8 Å². The Hall–Kier alpha value is -1.13. The maximum Gasteiger partial charge on any atom is 1.00 e. The van der Waals surface area contributed by atoms with Gasteiger partial charge < -0.3 is 87.1 Å². The number of hydrogen-bond acceptors (Lipinski definition) is 22. The summed E-state index contributed by atoms with van der Waals surface area (Å²) in [5, 5.41) is 55.7. The molecule has 1 amide bonds. The van der Waals surface area contributed by atoms with Crippen molar-refractivity contribution in [1.29, 1.82) is 0 Å². The first kappa shape index (κ1) is 66.1. The molecule has 0 saturated carbocycles. The number of carbonyl (C=O) groups excluding carboxylic acids is 3. The number of aromatic nitrogens is 4. The summed E-state index contributed by atoms with van der Waals surface area (Å²) < 4.78 is 61.9. The standard InChI is InChI=1S/C27H44N7O20P3S.2Na.3H2O/c1-26(2,21(40)24(41)30-5-4-15(35)29-6-7-58-17(38)9-27(3,42)8-16(36)37)11-51-57(48,49)54-56(46,47)50-10-14-20(53-55(43,44)45)19(39)25(52-14)34-13-33-18-22(28)31-12-32-23(18)34;;;;;/h12-14,19-21,25,39-40,42H,4-11H2,1-3H3,(H,29,35)(H,30,41)(H,36,37)(H,46,47)(H,48,49)(H2,28,31,32)(H2,43,44,45);;;3*1H2/q;2*+1;;;/p-2/t14-,19-,20-,21?,25-,27?;;;;;/m1...../s1. The third kappa shape index (κ3) is 21.6. The molecule has 0 aromatic carbocycles. The summed E-state index contributed by atoms with van der Waals surface area (Å²) in [6, 6.07) is 0. The molecule has 1 fully saturated rings. The van der Waals surface area contributed by atoms with E-state index < -0.39 is 114 Å². The van der Waals surface area contributed by atoms with E-state index in [-0.39, 0.29) is 118 Å². The molecular weight excluding hydrogens is 961 g/mol. The monoisotopic (exact) mass is 1010 g/mol. The van der Waals surface area contributed by atoms with Crippen LogP contribution in [-0.4, -0.2) is 156 Å². The quantitative estimate of drug-likeness (QED) is 0.0164. The Bertz CT molecular complexity index is 1980. The third-order valence-electron chi connectivity index (χ3n) is 7.76. The average Bonchev–Trinajstić information content (AvgIpc) is 3.63. The first-order valence-corrected chi connectivity index (χ1v) is 22.0. The largest absolute Gasteiger partial charge is 1.00 e. The van der Waals surface area contributed by atoms with Crippen LogP contribution in [0.1, 0.15) is 46.3 Å². The minimum absolute atomic E-state index is 0. The first-order chi connectivity index (χ1) is 26.6. The van der Waals surface area contributed by atoms with Crippen LogP contribution in [0.25, 0.3) is 11.2 Å². The number of phosphoric acid groups is 3. The minimum atomic E-state index is -5.61. The van der Waals surface area contributed by atoms with Crippen LogP contribution < -0.4 is 80.4 Å². The van der Waals surface area contributed by atoms with Crippen molar-refractivity contribution >= 4 is 75.1 Å². The van der Waals surface area contributed by atoms with E-state index in [0.717, 1.165) is 35.9 Å². The summed E-state index contributed by atoms with van der Waals surface area (Å²) in [6.45, 7) is 1.04. The molecule has 0 aliphatic carbocycles. The Labute approximate surface area is 405 Å². The second-order valence-corrected chi connectivity index (χ2v) is 18.8. The number of ether oxygens (including phenoxy) is 1. The van der Waals surface area contributed by atoms with Crippen molar-refractivity contribution in [1.82, 2.24) is 24.8 Å². The molecule has 36 heteroatoms. The molecule has 0 radical (unpaired) electrons. The second-order valence-electron chi connectivity index (χ2n) is 13.4. The van der Waals surface area contributed by atoms with Gasteiger partial charge in [0, 0.05) is 43.1 Å². The van der Waals surface area contributed by atoms with Crippen LogP contribution in [-0.2, 0) is 50.7 Å². The molecule has 0 spiro atoms. The van der Waals surface area contributed by atoms with Gasteiger partial charge in [0.25, 0.3) is 0 Å². The molecule has 1 aliphatic heterocycles. The summed E-state index contributed by atoms with van der Waals surface area (Å²) in [4.78, 5) is 89.6. The van der Waals surface area contributed by atoms with Crippen LogP contribution in [0.5, 0.6) is 0 Å². The van der Waals surface area contributed by atoms with Gasteiger partial charge in [-0.1, -0.05) is 25.6 Å². The zero-order valence-electron chi connectivity index (χ0n) is 34.2. The zero-order valence-corrected chi connectivity index (χ0v) is 41.7. The Morgan fingerprint density at radius 3 is 2.22 bits per heavy atom. The number of nitrogen functional groups attached to an aromatic ring is 1. The average molecular weight is 1010 g/mol. The molecule has 2 aromatic heterocycles. The summed E-state index contributed by atoms with van der Waals surface area (Å²) in [6.07, 6.45) is -8.49. The SMILES string of the molecule is CC(O)(CC(=O)[O-])CC(=O)SCCN=C([O-])CCNC(=O)C(O)C(C)(C)COP(=O)(O)OP(=O)(O)OC[C@H]1O[C@@H](n2cnc3c(N)ncnc32)[C@H](O)[C@@H]1OP(=O)(O)O.O.O.O.[Na+].[Na+]. The minimum Gasteiger partial charge on any atom is -0.862 e. The number of nitrogens with two attached hydrogens (primary N) is 1. The molecule has 3 rings (SSSR count). The number of nitrogens with one attached hydrogen (secondary N) is 1. The molecule has 352 valence electrons. The number of fused-ring (bicyclic) bond motifs is 1. The van der Waals surface area contributed by atoms with Gasteiger partial charge in [0.2, 0.25) is 5.91 Å². The van der Waals surface area contributed by atoms with E-state index in [4.69, 9.17) is 19.5 Å².